The summed E-state index contributed by atoms with van der Waals surface area (Å²) in [6, 6.07) is 20.6. The van der Waals surface area contributed by atoms with Crippen LogP contribution in [0.5, 0.6) is 5.75 Å². The van der Waals surface area contributed by atoms with Crippen LogP contribution in [-0.4, -0.2) is 20.9 Å². The van der Waals surface area contributed by atoms with E-state index in [9.17, 15) is 13.2 Å². The number of amides is 1. The molecule has 31 heavy (non-hydrogen) atoms. The third-order valence-electron chi connectivity index (χ3n) is 4.66. The number of anilines is 1. The molecule has 0 fully saturated rings. The van der Waals surface area contributed by atoms with E-state index in [1.807, 2.05) is 32.0 Å². The Bertz CT molecular complexity index is 1150. The summed E-state index contributed by atoms with van der Waals surface area (Å²) < 4.78 is 34.0. The fraction of sp³-hybridized carbons (Fsp3) is 0.208. The van der Waals surface area contributed by atoms with Crippen LogP contribution in [0.2, 0.25) is 0 Å². The van der Waals surface area contributed by atoms with Crippen LogP contribution in [0.3, 0.4) is 0 Å². The Balaban J connectivity index is 1.75. The quantitative estimate of drug-likeness (QED) is 0.374. The summed E-state index contributed by atoms with van der Waals surface area (Å²) in [4.78, 5) is 13.1. The average molecular weight is 502 g/mol. The minimum atomic E-state index is -4.04. The minimum Gasteiger partial charge on any atom is -0.492 e. The van der Waals surface area contributed by atoms with Gasteiger partial charge in [-0.3, -0.25) is 4.79 Å². The SMILES string of the molecule is Cc1ccc(S(=O)(=O)N(C(=O)CCCOc2ccc(C)cc2Br)c2ccccc2)cc1. The van der Waals surface area contributed by atoms with Crippen molar-refractivity contribution in [3.63, 3.8) is 0 Å². The fourth-order valence-corrected chi connectivity index (χ4v) is 5.08. The largest absolute Gasteiger partial charge is 0.492 e. The van der Waals surface area contributed by atoms with Crippen molar-refractivity contribution in [2.45, 2.75) is 31.6 Å². The number of benzene rings is 3. The molecule has 1 amide bonds. The summed E-state index contributed by atoms with van der Waals surface area (Å²) in [5.74, 6) is 0.184. The van der Waals surface area contributed by atoms with Gasteiger partial charge in [-0.2, -0.15) is 0 Å². The Morgan fingerprint density at radius 1 is 0.935 bits per heavy atom. The highest BCUT2D eigenvalue weighted by Gasteiger charge is 2.30. The zero-order valence-electron chi connectivity index (χ0n) is 17.4. The number of hydrogen-bond donors (Lipinski definition) is 0. The highest BCUT2D eigenvalue weighted by molar-refractivity contribution is 9.10. The number of rotatable bonds is 8. The van der Waals surface area contributed by atoms with Crippen molar-refractivity contribution < 1.29 is 17.9 Å². The molecule has 0 unspecified atom stereocenters. The van der Waals surface area contributed by atoms with Crippen molar-refractivity contribution in [1.82, 2.24) is 0 Å². The molecule has 0 spiro atoms. The number of halogens is 1. The third kappa shape index (κ3) is 5.74. The molecule has 0 aliphatic rings. The van der Waals surface area contributed by atoms with Gasteiger partial charge in [-0.25, -0.2) is 12.7 Å². The van der Waals surface area contributed by atoms with Crippen LogP contribution in [-0.2, 0) is 14.8 Å². The first-order valence-electron chi connectivity index (χ1n) is 9.88. The van der Waals surface area contributed by atoms with Gasteiger partial charge >= 0.3 is 0 Å². The second-order valence-electron chi connectivity index (χ2n) is 7.20. The van der Waals surface area contributed by atoms with Crippen molar-refractivity contribution in [3.05, 3.63) is 88.4 Å². The topological polar surface area (TPSA) is 63.7 Å². The molecule has 3 aromatic rings. The van der Waals surface area contributed by atoms with Crippen LogP contribution in [0, 0.1) is 13.8 Å². The molecule has 0 N–H and O–H groups in total. The Kier molecular flexibility index (Phi) is 7.51. The molecule has 0 bridgehead atoms. The molecule has 3 aromatic carbocycles. The number of sulfonamides is 1. The fourth-order valence-electron chi connectivity index (χ4n) is 3.03. The lowest BCUT2D eigenvalue weighted by atomic mass is 10.2. The number of carbonyl (C=O) groups is 1. The van der Waals surface area contributed by atoms with Crippen LogP contribution < -0.4 is 9.04 Å². The molecule has 0 heterocycles. The van der Waals surface area contributed by atoms with Gasteiger partial charge < -0.3 is 4.74 Å². The molecule has 3 rings (SSSR count). The van der Waals surface area contributed by atoms with Crippen molar-refractivity contribution in [2.24, 2.45) is 0 Å². The number of para-hydroxylation sites is 1. The predicted molar refractivity (Wildman–Crippen MR) is 126 cm³/mol. The van der Waals surface area contributed by atoms with Gasteiger partial charge in [-0.05, 0) is 78.2 Å². The standard InChI is InChI=1S/C24H24BrNO4S/c1-18-10-13-21(14-11-18)31(28,29)26(20-7-4-3-5-8-20)24(27)9-6-16-30-23-15-12-19(2)17-22(23)25/h3-5,7-8,10-15,17H,6,9,16H2,1-2H3. The van der Waals surface area contributed by atoms with Gasteiger partial charge in [0.1, 0.15) is 5.75 Å². The van der Waals surface area contributed by atoms with Gasteiger partial charge in [-0.1, -0.05) is 42.0 Å². The molecule has 0 aliphatic carbocycles. The number of ether oxygens (including phenoxy) is 1. The zero-order valence-corrected chi connectivity index (χ0v) is 19.8. The lowest BCUT2D eigenvalue weighted by Gasteiger charge is -2.23. The van der Waals surface area contributed by atoms with Crippen LogP contribution in [0.25, 0.3) is 0 Å². The third-order valence-corrected chi connectivity index (χ3v) is 7.04. The molecule has 0 atom stereocenters. The van der Waals surface area contributed by atoms with E-state index in [0.29, 0.717) is 24.5 Å². The summed E-state index contributed by atoms with van der Waals surface area (Å²) in [5.41, 5.74) is 2.36. The first-order valence-corrected chi connectivity index (χ1v) is 12.1. The maximum Gasteiger partial charge on any atom is 0.270 e. The normalized spacial score (nSPS) is 11.2. The second-order valence-corrected chi connectivity index (χ2v) is 9.84. The monoisotopic (exact) mass is 501 g/mol. The highest BCUT2D eigenvalue weighted by Crippen LogP contribution is 2.27. The van der Waals surface area contributed by atoms with E-state index in [-0.39, 0.29) is 11.3 Å². The Labute approximate surface area is 191 Å². The average Bonchev–Trinajstić information content (AvgIpc) is 2.73. The van der Waals surface area contributed by atoms with E-state index in [1.54, 1.807) is 42.5 Å². The van der Waals surface area contributed by atoms with E-state index < -0.39 is 15.9 Å². The van der Waals surface area contributed by atoms with Crippen LogP contribution in [0.4, 0.5) is 5.69 Å². The van der Waals surface area contributed by atoms with Crippen LogP contribution >= 0.6 is 15.9 Å². The highest BCUT2D eigenvalue weighted by atomic mass is 79.9. The van der Waals surface area contributed by atoms with Crippen LogP contribution in [0.15, 0.2) is 82.2 Å². The van der Waals surface area contributed by atoms with Crippen molar-refractivity contribution in [3.8, 4) is 5.75 Å². The summed E-state index contributed by atoms with van der Waals surface area (Å²) in [6.45, 7) is 4.16. The second kappa shape index (κ2) is 10.1. The molecule has 0 aliphatic heterocycles. The van der Waals surface area contributed by atoms with E-state index >= 15 is 0 Å². The molecule has 0 radical (unpaired) electrons. The van der Waals surface area contributed by atoms with Gasteiger partial charge in [0.25, 0.3) is 10.0 Å². The summed E-state index contributed by atoms with van der Waals surface area (Å²) >= 11 is 3.46. The van der Waals surface area contributed by atoms with E-state index in [0.717, 1.165) is 19.9 Å². The van der Waals surface area contributed by atoms with Crippen molar-refractivity contribution >= 4 is 37.5 Å². The van der Waals surface area contributed by atoms with Crippen molar-refractivity contribution in [1.29, 1.82) is 0 Å². The number of nitrogens with zero attached hydrogens (tertiary/aromatic N) is 1. The summed E-state index contributed by atoms with van der Waals surface area (Å²) in [7, 11) is -4.04. The summed E-state index contributed by atoms with van der Waals surface area (Å²) in [6.07, 6.45) is 0.412. The molecule has 162 valence electrons. The van der Waals surface area contributed by atoms with Gasteiger partial charge in [0.05, 0.1) is 21.7 Å². The molecule has 7 heteroatoms. The van der Waals surface area contributed by atoms with E-state index in [4.69, 9.17) is 4.74 Å². The lowest BCUT2D eigenvalue weighted by Crippen LogP contribution is -2.37. The predicted octanol–water partition coefficient (Wildman–Crippen LogP) is 5.65. The Morgan fingerprint density at radius 3 is 2.23 bits per heavy atom. The van der Waals surface area contributed by atoms with E-state index in [2.05, 4.69) is 15.9 Å². The summed E-state index contributed by atoms with van der Waals surface area (Å²) in [5, 5.41) is 0. The Hall–Kier alpha value is -2.64. The maximum atomic E-state index is 13.3. The van der Waals surface area contributed by atoms with E-state index in [1.165, 1.54) is 12.1 Å². The first-order chi connectivity index (χ1) is 14.8. The molecular weight excluding hydrogens is 478 g/mol. The minimum absolute atomic E-state index is 0.0312. The maximum absolute atomic E-state index is 13.3. The smallest absolute Gasteiger partial charge is 0.270 e. The molecular formula is C24H24BrNO4S. The Morgan fingerprint density at radius 2 is 1.58 bits per heavy atom. The first kappa shape index (κ1) is 23.0. The van der Waals surface area contributed by atoms with Gasteiger partial charge in [0.15, 0.2) is 0 Å². The van der Waals surface area contributed by atoms with Gasteiger partial charge in [-0.15, -0.1) is 0 Å². The molecule has 0 saturated carbocycles. The van der Waals surface area contributed by atoms with Gasteiger partial charge in [0.2, 0.25) is 5.91 Å². The van der Waals surface area contributed by atoms with Crippen LogP contribution in [0.1, 0.15) is 24.0 Å². The van der Waals surface area contributed by atoms with Gasteiger partial charge in [0, 0.05) is 6.42 Å². The number of aryl methyl sites for hydroxylation is 2. The van der Waals surface area contributed by atoms with Crippen molar-refractivity contribution in [2.75, 3.05) is 10.9 Å². The number of carbonyl (C=O) groups excluding carboxylic acids is 1. The molecule has 0 aromatic heterocycles. The molecule has 0 saturated heterocycles. The lowest BCUT2D eigenvalue weighted by molar-refractivity contribution is -0.117. The zero-order chi connectivity index (χ0) is 22.4. The molecule has 5 nitrogen and oxygen atoms in total. The number of hydrogen-bond acceptors (Lipinski definition) is 4.